The van der Waals surface area contributed by atoms with Gasteiger partial charge in [0.25, 0.3) is 0 Å². The highest BCUT2D eigenvalue weighted by molar-refractivity contribution is 5.93. The van der Waals surface area contributed by atoms with Gasteiger partial charge < -0.3 is 14.7 Å². The molecule has 1 fully saturated rings. The molecule has 0 saturated carbocycles. The Kier molecular flexibility index (Phi) is 4.37. The summed E-state index contributed by atoms with van der Waals surface area (Å²) < 4.78 is 5.61. The Balaban J connectivity index is 1.96. The molecule has 0 atom stereocenters. The Morgan fingerprint density at radius 2 is 2.09 bits per heavy atom. The zero-order chi connectivity index (χ0) is 16.4. The van der Waals surface area contributed by atoms with Gasteiger partial charge in [-0.1, -0.05) is 0 Å². The van der Waals surface area contributed by atoms with Crippen molar-refractivity contribution in [2.24, 2.45) is 5.92 Å². The van der Waals surface area contributed by atoms with Crippen molar-refractivity contribution in [3.63, 3.8) is 0 Å². The monoisotopic (exact) mass is 314 g/mol. The number of ether oxygens (including phenoxy) is 1. The molecule has 0 bridgehead atoms. The van der Waals surface area contributed by atoms with Gasteiger partial charge in [-0.2, -0.15) is 0 Å². The highest BCUT2D eigenvalue weighted by Gasteiger charge is 2.25. The van der Waals surface area contributed by atoms with Gasteiger partial charge in [0.05, 0.1) is 18.0 Å². The van der Waals surface area contributed by atoms with Crippen LogP contribution >= 0.6 is 0 Å². The van der Waals surface area contributed by atoms with Crippen molar-refractivity contribution in [2.45, 2.75) is 26.7 Å². The van der Waals surface area contributed by atoms with Crippen LogP contribution in [0.2, 0.25) is 0 Å². The summed E-state index contributed by atoms with van der Waals surface area (Å²) in [7, 11) is 0. The fourth-order valence-electron chi connectivity index (χ4n) is 3.20. The third kappa shape index (κ3) is 3.23. The first kappa shape index (κ1) is 15.6. The van der Waals surface area contributed by atoms with Crippen LogP contribution in [0.5, 0.6) is 5.75 Å². The van der Waals surface area contributed by atoms with Crippen molar-refractivity contribution in [1.82, 2.24) is 4.98 Å². The first-order valence-corrected chi connectivity index (χ1v) is 8.10. The minimum atomic E-state index is -0.681. The molecule has 2 aromatic rings. The van der Waals surface area contributed by atoms with E-state index in [0.29, 0.717) is 19.4 Å². The van der Waals surface area contributed by atoms with E-state index in [1.807, 2.05) is 32.0 Å². The molecule has 1 aromatic heterocycles. The molecule has 2 heterocycles. The molecular formula is C18H22N2O3. The van der Waals surface area contributed by atoms with Crippen molar-refractivity contribution < 1.29 is 14.6 Å². The smallest absolute Gasteiger partial charge is 0.306 e. The van der Waals surface area contributed by atoms with Gasteiger partial charge in [0, 0.05) is 29.9 Å². The van der Waals surface area contributed by atoms with E-state index in [9.17, 15) is 4.79 Å². The molecule has 1 aliphatic rings. The van der Waals surface area contributed by atoms with Crippen molar-refractivity contribution >= 4 is 22.6 Å². The maximum Gasteiger partial charge on any atom is 0.306 e. The summed E-state index contributed by atoms with van der Waals surface area (Å²) in [4.78, 5) is 18.0. The predicted octanol–water partition coefficient (Wildman–Crippen LogP) is 3.24. The first-order valence-electron chi connectivity index (χ1n) is 8.10. The van der Waals surface area contributed by atoms with E-state index in [4.69, 9.17) is 9.84 Å². The van der Waals surface area contributed by atoms with Crippen molar-refractivity contribution in [3.8, 4) is 5.75 Å². The van der Waals surface area contributed by atoms with Crippen LogP contribution in [0, 0.1) is 12.8 Å². The number of hydrogen-bond acceptors (Lipinski definition) is 4. The molecule has 122 valence electrons. The zero-order valence-electron chi connectivity index (χ0n) is 13.6. The number of carboxylic acids is 1. The maximum absolute atomic E-state index is 11.1. The van der Waals surface area contributed by atoms with Gasteiger partial charge in [0.15, 0.2) is 0 Å². The van der Waals surface area contributed by atoms with Gasteiger partial charge in [-0.25, -0.2) is 0 Å². The Morgan fingerprint density at radius 3 is 2.74 bits per heavy atom. The van der Waals surface area contributed by atoms with Gasteiger partial charge in [0.2, 0.25) is 0 Å². The summed E-state index contributed by atoms with van der Waals surface area (Å²) in [5.41, 5.74) is 3.04. The van der Waals surface area contributed by atoms with E-state index < -0.39 is 5.97 Å². The summed E-state index contributed by atoms with van der Waals surface area (Å²) >= 11 is 0. The Hall–Kier alpha value is -2.30. The minimum Gasteiger partial charge on any atom is -0.494 e. The number of aliphatic carboxylic acids is 1. The van der Waals surface area contributed by atoms with E-state index in [1.165, 1.54) is 0 Å². The number of fused-ring (bicyclic) bond motifs is 1. The number of carboxylic acid groups (broad SMARTS) is 1. The third-order valence-electron chi connectivity index (χ3n) is 4.38. The Labute approximate surface area is 135 Å². The maximum atomic E-state index is 11.1. The van der Waals surface area contributed by atoms with Crippen LogP contribution in [0.15, 0.2) is 24.3 Å². The fourth-order valence-corrected chi connectivity index (χ4v) is 3.20. The second kappa shape index (κ2) is 6.44. The Bertz CT molecular complexity index is 722. The summed E-state index contributed by atoms with van der Waals surface area (Å²) in [5, 5.41) is 10.2. The predicted molar refractivity (Wildman–Crippen MR) is 90.2 cm³/mol. The number of anilines is 1. The number of nitrogens with zero attached hydrogens (tertiary/aromatic N) is 2. The van der Waals surface area contributed by atoms with Crippen LogP contribution < -0.4 is 9.64 Å². The van der Waals surface area contributed by atoms with Gasteiger partial charge in [0.1, 0.15) is 5.75 Å². The topological polar surface area (TPSA) is 62.7 Å². The quantitative estimate of drug-likeness (QED) is 0.938. The lowest BCUT2D eigenvalue weighted by Gasteiger charge is -2.32. The number of aromatic nitrogens is 1. The fraction of sp³-hybridized carbons (Fsp3) is 0.444. The molecule has 1 N–H and O–H groups in total. The number of pyridine rings is 1. The van der Waals surface area contributed by atoms with Crippen LogP contribution in [0.1, 0.15) is 25.5 Å². The molecular weight excluding hydrogens is 292 g/mol. The van der Waals surface area contributed by atoms with Crippen LogP contribution in [-0.2, 0) is 4.79 Å². The largest absolute Gasteiger partial charge is 0.494 e. The number of hydrogen-bond donors (Lipinski definition) is 1. The molecule has 5 heteroatoms. The van der Waals surface area contributed by atoms with E-state index in [0.717, 1.165) is 41.1 Å². The Morgan fingerprint density at radius 1 is 1.35 bits per heavy atom. The molecule has 1 aromatic carbocycles. The van der Waals surface area contributed by atoms with Crippen molar-refractivity contribution in [1.29, 1.82) is 0 Å². The van der Waals surface area contributed by atoms with Gasteiger partial charge in [-0.05, 0) is 51.0 Å². The lowest BCUT2D eigenvalue weighted by atomic mass is 9.96. The number of piperidine rings is 1. The van der Waals surface area contributed by atoms with Crippen LogP contribution in [-0.4, -0.2) is 35.8 Å². The molecule has 3 rings (SSSR count). The molecule has 1 aliphatic heterocycles. The first-order chi connectivity index (χ1) is 11.1. The van der Waals surface area contributed by atoms with Crippen LogP contribution in [0.3, 0.4) is 0 Å². The lowest BCUT2D eigenvalue weighted by molar-refractivity contribution is -0.142. The van der Waals surface area contributed by atoms with Gasteiger partial charge in [-0.3, -0.25) is 9.78 Å². The molecule has 5 nitrogen and oxygen atoms in total. The van der Waals surface area contributed by atoms with E-state index >= 15 is 0 Å². The van der Waals surface area contributed by atoms with Gasteiger partial charge >= 0.3 is 5.97 Å². The van der Waals surface area contributed by atoms with E-state index in [-0.39, 0.29) is 5.92 Å². The summed E-state index contributed by atoms with van der Waals surface area (Å²) in [6.07, 6.45) is 1.37. The van der Waals surface area contributed by atoms with E-state index in [2.05, 4.69) is 16.0 Å². The van der Waals surface area contributed by atoms with Crippen LogP contribution in [0.25, 0.3) is 10.9 Å². The minimum absolute atomic E-state index is 0.223. The molecule has 0 radical (unpaired) electrons. The average molecular weight is 314 g/mol. The molecule has 23 heavy (non-hydrogen) atoms. The third-order valence-corrected chi connectivity index (χ3v) is 4.38. The average Bonchev–Trinajstić information content (AvgIpc) is 2.55. The summed E-state index contributed by atoms with van der Waals surface area (Å²) in [5.74, 6) is -0.0641. The standard InChI is InChI=1S/C18H22N2O3/c1-3-23-14-4-5-16-15(11-14)17(10-12(2)19-16)20-8-6-13(7-9-20)18(21)22/h4-5,10-11,13H,3,6-9H2,1-2H3,(H,21,22). The van der Waals surface area contributed by atoms with Gasteiger partial charge in [-0.15, -0.1) is 0 Å². The highest BCUT2D eigenvalue weighted by Crippen LogP contribution is 2.32. The number of carbonyl (C=O) groups is 1. The normalized spacial score (nSPS) is 15.8. The second-order valence-corrected chi connectivity index (χ2v) is 5.99. The zero-order valence-corrected chi connectivity index (χ0v) is 13.6. The highest BCUT2D eigenvalue weighted by atomic mass is 16.5. The number of benzene rings is 1. The molecule has 0 amide bonds. The molecule has 1 saturated heterocycles. The lowest BCUT2D eigenvalue weighted by Crippen LogP contribution is -2.36. The molecule has 0 aliphatic carbocycles. The SMILES string of the molecule is CCOc1ccc2nc(C)cc(N3CCC(C(=O)O)CC3)c2c1. The summed E-state index contributed by atoms with van der Waals surface area (Å²) in [6, 6.07) is 8.04. The molecule has 0 spiro atoms. The number of rotatable bonds is 4. The summed E-state index contributed by atoms with van der Waals surface area (Å²) in [6.45, 7) is 6.10. The van der Waals surface area contributed by atoms with Crippen molar-refractivity contribution in [3.05, 3.63) is 30.0 Å². The van der Waals surface area contributed by atoms with E-state index in [1.54, 1.807) is 0 Å². The number of aryl methyl sites for hydroxylation is 1. The van der Waals surface area contributed by atoms with Crippen molar-refractivity contribution in [2.75, 3.05) is 24.6 Å². The second-order valence-electron chi connectivity index (χ2n) is 5.99. The molecule has 0 unspecified atom stereocenters. The van der Waals surface area contributed by atoms with Crippen LogP contribution in [0.4, 0.5) is 5.69 Å².